The molecule has 1 aliphatic rings. The Labute approximate surface area is 103 Å². The van der Waals surface area contributed by atoms with Crippen LogP contribution in [0.4, 0.5) is 11.4 Å². The van der Waals surface area contributed by atoms with Crippen LogP contribution in [0.25, 0.3) is 0 Å². The molecular formula is C14H22N2O. The molecule has 0 atom stereocenters. The van der Waals surface area contributed by atoms with Crippen LogP contribution in [0.1, 0.15) is 31.2 Å². The normalized spacial score (nSPS) is 18.3. The van der Waals surface area contributed by atoms with Crippen LogP contribution in [0.3, 0.4) is 0 Å². The largest absolute Gasteiger partial charge is 0.399 e. The summed E-state index contributed by atoms with van der Waals surface area (Å²) in [7, 11) is 2.03. The van der Waals surface area contributed by atoms with Gasteiger partial charge in [-0.25, -0.2) is 0 Å². The predicted molar refractivity (Wildman–Crippen MR) is 72.3 cm³/mol. The van der Waals surface area contributed by atoms with Crippen molar-refractivity contribution in [2.24, 2.45) is 0 Å². The highest BCUT2D eigenvalue weighted by Crippen LogP contribution is 2.32. The van der Waals surface area contributed by atoms with Crippen molar-refractivity contribution in [2.75, 3.05) is 24.2 Å². The molecule has 0 spiro atoms. The first-order chi connectivity index (χ1) is 8.00. The van der Waals surface area contributed by atoms with Gasteiger partial charge < -0.3 is 15.7 Å². The standard InChI is InChI=1S/C14H22N2O/c1-11-5-6-12(15)9-13(11)16(2)10-14(17)7-3-4-8-14/h5-6,9,17H,3-4,7-8,10,15H2,1-2H3. The second kappa shape index (κ2) is 4.57. The van der Waals surface area contributed by atoms with Crippen LogP contribution in [0.15, 0.2) is 18.2 Å². The van der Waals surface area contributed by atoms with Gasteiger partial charge in [-0.15, -0.1) is 0 Å². The summed E-state index contributed by atoms with van der Waals surface area (Å²) in [4.78, 5) is 2.12. The molecule has 1 aromatic rings. The molecule has 0 aliphatic heterocycles. The number of nitrogens with two attached hydrogens (primary N) is 1. The quantitative estimate of drug-likeness (QED) is 0.789. The number of hydrogen-bond acceptors (Lipinski definition) is 3. The number of nitrogens with zero attached hydrogens (tertiary/aromatic N) is 1. The number of anilines is 2. The maximum atomic E-state index is 10.4. The van der Waals surface area contributed by atoms with Crippen molar-refractivity contribution in [3.05, 3.63) is 23.8 Å². The number of nitrogen functional groups attached to an aromatic ring is 1. The Kier molecular flexibility index (Phi) is 3.29. The molecule has 1 fully saturated rings. The minimum Gasteiger partial charge on any atom is -0.399 e. The van der Waals surface area contributed by atoms with Gasteiger partial charge in [0.1, 0.15) is 0 Å². The zero-order valence-corrected chi connectivity index (χ0v) is 10.7. The van der Waals surface area contributed by atoms with Gasteiger partial charge in [-0.05, 0) is 37.5 Å². The van der Waals surface area contributed by atoms with Crippen molar-refractivity contribution in [1.82, 2.24) is 0 Å². The molecular weight excluding hydrogens is 212 g/mol. The summed E-state index contributed by atoms with van der Waals surface area (Å²) in [5.41, 5.74) is 8.40. The third kappa shape index (κ3) is 2.72. The minimum atomic E-state index is -0.508. The highest BCUT2D eigenvalue weighted by atomic mass is 16.3. The molecule has 0 unspecified atom stereocenters. The van der Waals surface area contributed by atoms with E-state index in [0.717, 1.165) is 37.1 Å². The Balaban J connectivity index is 2.13. The van der Waals surface area contributed by atoms with Crippen LogP contribution >= 0.6 is 0 Å². The first-order valence-corrected chi connectivity index (χ1v) is 6.30. The summed E-state index contributed by atoms with van der Waals surface area (Å²) < 4.78 is 0. The van der Waals surface area contributed by atoms with E-state index < -0.39 is 5.60 Å². The maximum Gasteiger partial charge on any atom is 0.0821 e. The van der Waals surface area contributed by atoms with Gasteiger partial charge in [0.2, 0.25) is 0 Å². The van der Waals surface area contributed by atoms with Crippen LogP contribution in [0.5, 0.6) is 0 Å². The fourth-order valence-corrected chi connectivity index (χ4v) is 2.76. The third-order valence-corrected chi connectivity index (χ3v) is 3.71. The number of hydrogen-bond donors (Lipinski definition) is 2. The smallest absolute Gasteiger partial charge is 0.0821 e. The number of aliphatic hydroxyl groups is 1. The lowest BCUT2D eigenvalue weighted by Crippen LogP contribution is -2.39. The fourth-order valence-electron chi connectivity index (χ4n) is 2.76. The monoisotopic (exact) mass is 234 g/mol. The number of likely N-dealkylation sites (N-methyl/N-ethyl adjacent to an activating group) is 1. The van der Waals surface area contributed by atoms with Gasteiger partial charge in [0.15, 0.2) is 0 Å². The molecule has 1 saturated carbocycles. The van der Waals surface area contributed by atoms with Crippen LogP contribution < -0.4 is 10.6 Å². The van der Waals surface area contributed by atoms with E-state index in [1.807, 2.05) is 25.2 Å². The van der Waals surface area contributed by atoms with E-state index >= 15 is 0 Å². The second-order valence-electron chi connectivity index (χ2n) is 5.33. The van der Waals surface area contributed by atoms with Crippen molar-refractivity contribution < 1.29 is 5.11 Å². The van der Waals surface area contributed by atoms with Gasteiger partial charge in [0.25, 0.3) is 0 Å². The van der Waals surface area contributed by atoms with Gasteiger partial charge in [0.05, 0.1) is 5.60 Å². The average Bonchev–Trinajstić information content (AvgIpc) is 2.68. The van der Waals surface area contributed by atoms with Gasteiger partial charge in [-0.1, -0.05) is 18.9 Å². The Morgan fingerprint density at radius 2 is 2.00 bits per heavy atom. The van der Waals surface area contributed by atoms with Gasteiger partial charge in [-0.2, -0.15) is 0 Å². The van der Waals surface area contributed by atoms with Crippen LogP contribution in [0.2, 0.25) is 0 Å². The van der Waals surface area contributed by atoms with E-state index in [4.69, 9.17) is 5.73 Å². The maximum absolute atomic E-state index is 10.4. The lowest BCUT2D eigenvalue weighted by molar-refractivity contribution is 0.0559. The molecule has 1 aliphatic carbocycles. The Hall–Kier alpha value is -1.22. The molecule has 3 nitrogen and oxygen atoms in total. The molecule has 17 heavy (non-hydrogen) atoms. The van der Waals surface area contributed by atoms with E-state index in [9.17, 15) is 5.11 Å². The lowest BCUT2D eigenvalue weighted by Gasteiger charge is -2.31. The fraction of sp³-hybridized carbons (Fsp3) is 0.571. The van der Waals surface area contributed by atoms with Gasteiger partial charge in [0, 0.05) is 25.0 Å². The molecule has 94 valence electrons. The number of benzene rings is 1. The molecule has 0 heterocycles. The zero-order valence-electron chi connectivity index (χ0n) is 10.7. The highest BCUT2D eigenvalue weighted by molar-refractivity contribution is 5.60. The zero-order chi connectivity index (χ0) is 12.5. The molecule has 0 radical (unpaired) electrons. The molecule has 2 rings (SSSR count). The summed E-state index contributed by atoms with van der Waals surface area (Å²) in [6.45, 7) is 2.77. The van der Waals surface area contributed by atoms with Crippen LogP contribution in [-0.4, -0.2) is 24.3 Å². The van der Waals surface area contributed by atoms with Crippen molar-refractivity contribution >= 4 is 11.4 Å². The number of aryl methyl sites for hydroxylation is 1. The molecule has 0 saturated heterocycles. The van der Waals surface area contributed by atoms with Crippen molar-refractivity contribution in [2.45, 2.75) is 38.2 Å². The molecule has 3 N–H and O–H groups in total. The average molecular weight is 234 g/mol. The van der Waals surface area contributed by atoms with E-state index in [1.165, 1.54) is 5.56 Å². The van der Waals surface area contributed by atoms with E-state index in [2.05, 4.69) is 11.8 Å². The molecule has 3 heteroatoms. The minimum absolute atomic E-state index is 0.508. The summed E-state index contributed by atoms with van der Waals surface area (Å²) >= 11 is 0. The first-order valence-electron chi connectivity index (χ1n) is 6.30. The highest BCUT2D eigenvalue weighted by Gasteiger charge is 2.32. The molecule has 0 amide bonds. The van der Waals surface area contributed by atoms with Gasteiger partial charge >= 0.3 is 0 Å². The molecule has 0 aromatic heterocycles. The SMILES string of the molecule is Cc1ccc(N)cc1N(C)CC1(O)CCCC1. The summed E-state index contributed by atoms with van der Waals surface area (Å²) in [6, 6.07) is 5.92. The third-order valence-electron chi connectivity index (χ3n) is 3.71. The summed E-state index contributed by atoms with van der Waals surface area (Å²) in [5, 5.41) is 10.4. The van der Waals surface area contributed by atoms with Crippen molar-refractivity contribution in [3.63, 3.8) is 0 Å². The van der Waals surface area contributed by atoms with Crippen LogP contribution in [-0.2, 0) is 0 Å². The van der Waals surface area contributed by atoms with Crippen LogP contribution in [0, 0.1) is 6.92 Å². The Bertz CT molecular complexity index is 397. The molecule has 0 bridgehead atoms. The topological polar surface area (TPSA) is 49.5 Å². The van der Waals surface area contributed by atoms with E-state index in [-0.39, 0.29) is 0 Å². The second-order valence-corrected chi connectivity index (χ2v) is 5.33. The lowest BCUT2D eigenvalue weighted by atomic mass is 10.0. The first kappa shape index (κ1) is 12.2. The predicted octanol–water partition coefficient (Wildman–Crippen LogP) is 2.32. The van der Waals surface area contributed by atoms with E-state index in [0.29, 0.717) is 6.54 Å². The van der Waals surface area contributed by atoms with Gasteiger partial charge in [-0.3, -0.25) is 0 Å². The van der Waals surface area contributed by atoms with Crippen molar-refractivity contribution in [3.8, 4) is 0 Å². The van der Waals surface area contributed by atoms with E-state index in [1.54, 1.807) is 0 Å². The van der Waals surface area contributed by atoms with Crippen molar-refractivity contribution in [1.29, 1.82) is 0 Å². The Morgan fingerprint density at radius 3 is 2.65 bits per heavy atom. The number of rotatable bonds is 3. The summed E-state index contributed by atoms with van der Waals surface area (Å²) in [6.07, 6.45) is 4.11. The molecule has 1 aromatic carbocycles. The summed E-state index contributed by atoms with van der Waals surface area (Å²) in [5.74, 6) is 0. The Morgan fingerprint density at radius 1 is 1.35 bits per heavy atom.